The topological polar surface area (TPSA) is 46.6 Å². The molecule has 1 atom stereocenters. The third-order valence-corrected chi connectivity index (χ3v) is 2.29. The van der Waals surface area contributed by atoms with Crippen LogP contribution < -0.4 is 0 Å². The van der Waals surface area contributed by atoms with Crippen molar-refractivity contribution in [1.82, 2.24) is 4.90 Å². The van der Waals surface area contributed by atoms with E-state index in [4.69, 9.17) is 4.74 Å². The SMILES string of the molecule is C=C[C@]1(C)CC(=O)N1C(=O)OC(C)(C)C. The van der Waals surface area contributed by atoms with E-state index in [0.29, 0.717) is 6.42 Å². The van der Waals surface area contributed by atoms with Crippen LogP contribution in [0.5, 0.6) is 0 Å². The summed E-state index contributed by atoms with van der Waals surface area (Å²) in [5, 5.41) is 0. The van der Waals surface area contributed by atoms with Gasteiger partial charge in [0.1, 0.15) is 5.60 Å². The zero-order valence-electron chi connectivity index (χ0n) is 9.66. The molecule has 15 heavy (non-hydrogen) atoms. The van der Waals surface area contributed by atoms with Crippen molar-refractivity contribution in [2.24, 2.45) is 0 Å². The van der Waals surface area contributed by atoms with Gasteiger partial charge in [-0.2, -0.15) is 0 Å². The smallest absolute Gasteiger partial charge is 0.417 e. The summed E-state index contributed by atoms with van der Waals surface area (Å²) in [6.07, 6.45) is 1.31. The normalized spacial score (nSPS) is 25.9. The van der Waals surface area contributed by atoms with Crippen molar-refractivity contribution in [1.29, 1.82) is 0 Å². The van der Waals surface area contributed by atoms with Crippen molar-refractivity contribution in [3.63, 3.8) is 0 Å². The maximum Gasteiger partial charge on any atom is 0.417 e. The molecule has 0 N–H and O–H groups in total. The molecule has 0 bridgehead atoms. The first-order chi connectivity index (χ1) is 6.69. The molecule has 0 aromatic carbocycles. The molecule has 4 nitrogen and oxygen atoms in total. The lowest BCUT2D eigenvalue weighted by Gasteiger charge is -2.46. The first kappa shape index (κ1) is 11.8. The Kier molecular flexibility index (Phi) is 2.63. The Bertz CT molecular complexity index is 316. The van der Waals surface area contributed by atoms with Crippen molar-refractivity contribution in [3.05, 3.63) is 12.7 Å². The highest BCUT2D eigenvalue weighted by molar-refractivity contribution is 5.99. The largest absolute Gasteiger partial charge is 0.443 e. The second kappa shape index (κ2) is 3.36. The summed E-state index contributed by atoms with van der Waals surface area (Å²) in [5.41, 5.74) is -1.17. The highest BCUT2D eigenvalue weighted by Gasteiger charge is 2.50. The van der Waals surface area contributed by atoms with Gasteiger partial charge in [-0.05, 0) is 27.7 Å². The molecule has 1 heterocycles. The standard InChI is InChI=1S/C11H17NO3/c1-6-11(5)7-8(13)12(11)9(14)15-10(2,3)4/h6H,1,7H2,2-5H3/t11-/m1/s1. The van der Waals surface area contributed by atoms with Gasteiger partial charge >= 0.3 is 6.09 Å². The van der Waals surface area contributed by atoms with Crippen LogP contribution in [-0.4, -0.2) is 28.0 Å². The third-order valence-electron chi connectivity index (χ3n) is 2.29. The minimum Gasteiger partial charge on any atom is -0.443 e. The first-order valence-electron chi connectivity index (χ1n) is 4.89. The van der Waals surface area contributed by atoms with Crippen LogP contribution in [-0.2, 0) is 9.53 Å². The van der Waals surface area contributed by atoms with E-state index < -0.39 is 17.2 Å². The fraction of sp³-hybridized carbons (Fsp3) is 0.636. The number of ether oxygens (including phenoxy) is 1. The molecular weight excluding hydrogens is 194 g/mol. The lowest BCUT2D eigenvalue weighted by Crippen LogP contribution is -2.63. The summed E-state index contributed by atoms with van der Waals surface area (Å²) in [6, 6.07) is 0. The zero-order chi connectivity index (χ0) is 11.9. The van der Waals surface area contributed by atoms with Gasteiger partial charge in [0.15, 0.2) is 0 Å². The third kappa shape index (κ3) is 2.19. The van der Waals surface area contributed by atoms with E-state index in [1.807, 2.05) is 0 Å². The summed E-state index contributed by atoms with van der Waals surface area (Å²) in [7, 11) is 0. The molecular formula is C11H17NO3. The van der Waals surface area contributed by atoms with Crippen molar-refractivity contribution in [2.45, 2.75) is 45.3 Å². The molecule has 4 heteroatoms. The molecule has 2 amide bonds. The minimum atomic E-state index is -0.596. The fourth-order valence-electron chi connectivity index (χ4n) is 1.44. The molecule has 84 valence electrons. The average molecular weight is 211 g/mol. The molecule has 0 aliphatic carbocycles. The summed E-state index contributed by atoms with van der Waals surface area (Å²) in [4.78, 5) is 24.1. The Morgan fingerprint density at radius 1 is 1.60 bits per heavy atom. The first-order valence-corrected chi connectivity index (χ1v) is 4.89. The van der Waals surface area contributed by atoms with Gasteiger partial charge in [-0.1, -0.05) is 6.08 Å². The van der Waals surface area contributed by atoms with Gasteiger partial charge in [-0.25, -0.2) is 9.69 Å². The maximum atomic E-state index is 11.7. The lowest BCUT2D eigenvalue weighted by atomic mass is 9.86. The summed E-state index contributed by atoms with van der Waals surface area (Å²) < 4.78 is 5.13. The molecule has 0 radical (unpaired) electrons. The van der Waals surface area contributed by atoms with E-state index in [1.165, 1.54) is 0 Å². The summed E-state index contributed by atoms with van der Waals surface area (Å²) in [6.45, 7) is 10.7. The quantitative estimate of drug-likeness (QED) is 0.493. The second-order valence-electron chi connectivity index (χ2n) is 4.95. The number of nitrogens with zero attached hydrogens (tertiary/aromatic N) is 1. The number of hydrogen-bond donors (Lipinski definition) is 0. The molecule has 1 aliphatic heterocycles. The van der Waals surface area contributed by atoms with Crippen molar-refractivity contribution < 1.29 is 14.3 Å². The minimum absolute atomic E-state index is 0.216. The Morgan fingerprint density at radius 3 is 2.47 bits per heavy atom. The van der Waals surface area contributed by atoms with Gasteiger partial charge in [0, 0.05) is 0 Å². The number of hydrogen-bond acceptors (Lipinski definition) is 3. The predicted octanol–water partition coefficient (Wildman–Crippen LogP) is 2.10. The molecule has 0 aromatic rings. The number of β-lactam (4-membered cyclic amide) rings is 1. The molecule has 0 unspecified atom stereocenters. The molecule has 1 saturated heterocycles. The Morgan fingerprint density at radius 2 is 2.13 bits per heavy atom. The van der Waals surface area contributed by atoms with Crippen LogP contribution >= 0.6 is 0 Å². The number of carbonyl (C=O) groups is 2. The average Bonchev–Trinajstić information content (AvgIpc) is 1.98. The number of imide groups is 1. The highest BCUT2D eigenvalue weighted by Crippen LogP contribution is 2.33. The van der Waals surface area contributed by atoms with E-state index in [1.54, 1.807) is 33.8 Å². The monoisotopic (exact) mass is 211 g/mol. The van der Waals surface area contributed by atoms with Crippen molar-refractivity contribution >= 4 is 12.0 Å². The van der Waals surface area contributed by atoms with Gasteiger partial charge in [0.2, 0.25) is 5.91 Å². The fourth-order valence-corrected chi connectivity index (χ4v) is 1.44. The Balaban J connectivity index is 2.75. The van der Waals surface area contributed by atoms with Crippen LogP contribution in [0.2, 0.25) is 0 Å². The number of amides is 2. The molecule has 1 aliphatic rings. The Hall–Kier alpha value is -1.32. The number of likely N-dealkylation sites (tertiary alicyclic amines) is 1. The Labute approximate surface area is 89.9 Å². The summed E-state index contributed by atoms with van der Waals surface area (Å²) in [5.74, 6) is -0.216. The van der Waals surface area contributed by atoms with Gasteiger partial charge in [-0.3, -0.25) is 4.79 Å². The van der Waals surface area contributed by atoms with Crippen LogP contribution in [0.25, 0.3) is 0 Å². The van der Waals surface area contributed by atoms with E-state index >= 15 is 0 Å². The van der Waals surface area contributed by atoms with Gasteiger partial charge in [-0.15, -0.1) is 6.58 Å². The predicted molar refractivity (Wildman–Crippen MR) is 56.3 cm³/mol. The van der Waals surface area contributed by atoms with Crippen molar-refractivity contribution in [2.75, 3.05) is 0 Å². The molecule has 0 saturated carbocycles. The van der Waals surface area contributed by atoms with E-state index in [0.717, 1.165) is 4.90 Å². The summed E-state index contributed by atoms with van der Waals surface area (Å²) >= 11 is 0. The maximum absolute atomic E-state index is 11.7. The zero-order valence-corrected chi connectivity index (χ0v) is 9.66. The van der Waals surface area contributed by atoms with Crippen LogP contribution in [0, 0.1) is 0 Å². The molecule has 0 aromatic heterocycles. The van der Waals surface area contributed by atoms with Gasteiger partial charge in [0.25, 0.3) is 0 Å². The van der Waals surface area contributed by atoms with E-state index in [2.05, 4.69) is 6.58 Å². The van der Waals surface area contributed by atoms with Crippen molar-refractivity contribution in [3.8, 4) is 0 Å². The number of rotatable bonds is 1. The van der Waals surface area contributed by atoms with Gasteiger partial charge in [0.05, 0.1) is 12.0 Å². The highest BCUT2D eigenvalue weighted by atomic mass is 16.6. The molecule has 1 rings (SSSR count). The number of carbonyl (C=O) groups excluding carboxylic acids is 2. The van der Waals surface area contributed by atoms with Crippen LogP contribution in [0.1, 0.15) is 34.1 Å². The van der Waals surface area contributed by atoms with Crippen LogP contribution in [0.3, 0.4) is 0 Å². The van der Waals surface area contributed by atoms with E-state index in [-0.39, 0.29) is 5.91 Å². The van der Waals surface area contributed by atoms with E-state index in [9.17, 15) is 9.59 Å². The van der Waals surface area contributed by atoms with Crippen LogP contribution in [0.4, 0.5) is 4.79 Å². The second-order valence-corrected chi connectivity index (χ2v) is 4.95. The molecule has 1 fully saturated rings. The lowest BCUT2D eigenvalue weighted by molar-refractivity contribution is -0.148. The molecule has 0 spiro atoms. The van der Waals surface area contributed by atoms with Gasteiger partial charge < -0.3 is 4.74 Å². The van der Waals surface area contributed by atoms with Crippen LogP contribution in [0.15, 0.2) is 12.7 Å².